The molecule has 0 atom stereocenters. The van der Waals surface area contributed by atoms with Crippen LogP contribution in [0.4, 0.5) is 10.1 Å². The fraction of sp³-hybridized carbons (Fsp3) is 0. The van der Waals surface area contributed by atoms with Crippen molar-refractivity contribution in [3.05, 3.63) is 37.9 Å². The van der Waals surface area contributed by atoms with E-state index in [2.05, 4.69) is 15.9 Å². The van der Waals surface area contributed by atoms with E-state index in [1.165, 1.54) is 12.1 Å². The Morgan fingerprint density at radius 3 is 2.86 bits per heavy atom. The van der Waals surface area contributed by atoms with Gasteiger partial charge < -0.3 is 0 Å². The summed E-state index contributed by atoms with van der Waals surface area (Å²) in [6.45, 7) is 0. The van der Waals surface area contributed by atoms with Gasteiger partial charge in [-0.05, 0) is 28.1 Å². The summed E-state index contributed by atoms with van der Waals surface area (Å²) in [5, 5.41) is 10.5. The lowest BCUT2D eigenvalue weighted by Crippen LogP contribution is -1.87. The van der Waals surface area contributed by atoms with Crippen LogP contribution < -0.4 is 0 Å². The molecule has 6 heteroatoms. The van der Waals surface area contributed by atoms with Gasteiger partial charge in [0, 0.05) is 10.5 Å². The molecule has 0 fully saturated rings. The highest BCUT2D eigenvalue weighted by molar-refractivity contribution is 9.10. The van der Waals surface area contributed by atoms with Crippen molar-refractivity contribution < 1.29 is 9.31 Å². The number of rotatable bonds is 1. The Balaban J connectivity index is 2.87. The van der Waals surface area contributed by atoms with Crippen LogP contribution in [-0.2, 0) is 0 Å². The number of non-ortho nitro benzene ring substituents is 1. The molecule has 0 amide bonds. The van der Waals surface area contributed by atoms with Gasteiger partial charge in [0.2, 0.25) is 0 Å². The van der Waals surface area contributed by atoms with Crippen LogP contribution in [0.25, 0.3) is 10.1 Å². The highest BCUT2D eigenvalue weighted by Crippen LogP contribution is 2.36. The number of nitro benzene ring substituents is 1. The van der Waals surface area contributed by atoms with E-state index >= 15 is 0 Å². The van der Waals surface area contributed by atoms with E-state index < -0.39 is 10.1 Å². The van der Waals surface area contributed by atoms with Gasteiger partial charge in [0.05, 0.1) is 15.0 Å². The number of nitro groups is 1. The third-order valence-corrected chi connectivity index (χ3v) is 3.66. The lowest BCUT2D eigenvalue weighted by atomic mass is 10.2. The topological polar surface area (TPSA) is 43.1 Å². The molecule has 1 heterocycles. The van der Waals surface area contributed by atoms with E-state index in [0.717, 1.165) is 11.3 Å². The van der Waals surface area contributed by atoms with E-state index in [1.54, 1.807) is 6.07 Å². The Hall–Kier alpha value is -1.01. The number of fused-ring (bicyclic) bond motifs is 1. The number of hydrogen-bond acceptors (Lipinski definition) is 3. The molecule has 1 aromatic carbocycles. The largest absolute Gasteiger partial charge is 0.278 e. The summed E-state index contributed by atoms with van der Waals surface area (Å²) < 4.78 is 14.2. The first-order valence-corrected chi connectivity index (χ1v) is 5.22. The van der Waals surface area contributed by atoms with Crippen molar-refractivity contribution in [3.63, 3.8) is 0 Å². The average molecular weight is 276 g/mol. The minimum absolute atomic E-state index is 0.0663. The monoisotopic (exact) mass is 275 g/mol. The standard InChI is InChI=1S/C8H3BrFNO2S/c9-5-1-2-6(11(12)13)4-3-7(10)14-8(4)5/h1-3H. The molecule has 0 aliphatic carbocycles. The van der Waals surface area contributed by atoms with Gasteiger partial charge in [-0.15, -0.1) is 11.3 Å². The fourth-order valence-electron chi connectivity index (χ4n) is 1.21. The molecule has 0 saturated carbocycles. The normalized spacial score (nSPS) is 10.7. The molecule has 2 rings (SSSR count). The molecule has 2 aromatic rings. The second-order valence-corrected chi connectivity index (χ2v) is 4.47. The summed E-state index contributed by atoms with van der Waals surface area (Å²) >= 11 is 4.11. The number of hydrogen-bond donors (Lipinski definition) is 0. The second-order valence-electron chi connectivity index (χ2n) is 2.62. The maximum atomic E-state index is 12.9. The Kier molecular flexibility index (Phi) is 2.24. The van der Waals surface area contributed by atoms with Crippen LogP contribution in [0.5, 0.6) is 0 Å². The first-order valence-electron chi connectivity index (χ1n) is 3.61. The molecule has 0 bridgehead atoms. The Morgan fingerprint density at radius 1 is 1.50 bits per heavy atom. The molecule has 0 N–H and O–H groups in total. The first-order chi connectivity index (χ1) is 6.59. The molecule has 0 aliphatic rings. The molecule has 72 valence electrons. The fourth-order valence-corrected chi connectivity index (χ4v) is 2.60. The molecule has 0 aliphatic heterocycles. The van der Waals surface area contributed by atoms with Crippen LogP contribution >= 0.6 is 27.3 Å². The van der Waals surface area contributed by atoms with Gasteiger partial charge in [0.15, 0.2) is 5.13 Å². The molecule has 3 nitrogen and oxygen atoms in total. The Bertz CT molecular complexity index is 525. The maximum absolute atomic E-state index is 12.9. The van der Waals surface area contributed by atoms with Crippen molar-refractivity contribution in [1.29, 1.82) is 0 Å². The average Bonchev–Trinajstić information content (AvgIpc) is 2.47. The molecule has 0 spiro atoms. The van der Waals surface area contributed by atoms with Crippen LogP contribution in [0.1, 0.15) is 0 Å². The van der Waals surface area contributed by atoms with Gasteiger partial charge in [-0.25, -0.2) is 0 Å². The van der Waals surface area contributed by atoms with Crippen LogP contribution in [-0.4, -0.2) is 4.92 Å². The Labute approximate surface area is 90.4 Å². The minimum atomic E-state index is -0.513. The van der Waals surface area contributed by atoms with E-state index in [0.29, 0.717) is 14.6 Å². The van der Waals surface area contributed by atoms with Crippen LogP contribution in [0, 0.1) is 15.2 Å². The predicted molar refractivity (Wildman–Crippen MR) is 56.1 cm³/mol. The minimum Gasteiger partial charge on any atom is -0.258 e. The summed E-state index contributed by atoms with van der Waals surface area (Å²) in [6, 6.07) is 4.10. The zero-order chi connectivity index (χ0) is 10.3. The van der Waals surface area contributed by atoms with Crippen molar-refractivity contribution in [3.8, 4) is 0 Å². The van der Waals surface area contributed by atoms with E-state index in [4.69, 9.17) is 0 Å². The molecule has 14 heavy (non-hydrogen) atoms. The predicted octanol–water partition coefficient (Wildman–Crippen LogP) is 3.71. The van der Waals surface area contributed by atoms with Crippen molar-refractivity contribution >= 4 is 43.0 Å². The van der Waals surface area contributed by atoms with E-state index in [1.807, 2.05) is 0 Å². The van der Waals surface area contributed by atoms with Crippen molar-refractivity contribution in [1.82, 2.24) is 0 Å². The summed E-state index contributed by atoms with van der Waals surface area (Å²) in [5.41, 5.74) is -0.0663. The summed E-state index contributed by atoms with van der Waals surface area (Å²) in [7, 11) is 0. The number of nitrogens with zero attached hydrogens (tertiary/aromatic N) is 1. The Morgan fingerprint density at radius 2 is 2.21 bits per heavy atom. The van der Waals surface area contributed by atoms with Crippen molar-refractivity contribution in [2.75, 3.05) is 0 Å². The third kappa shape index (κ3) is 1.40. The van der Waals surface area contributed by atoms with Crippen molar-refractivity contribution in [2.24, 2.45) is 0 Å². The zero-order valence-corrected chi connectivity index (χ0v) is 9.06. The molecule has 0 radical (unpaired) electrons. The van der Waals surface area contributed by atoms with E-state index in [-0.39, 0.29) is 5.69 Å². The smallest absolute Gasteiger partial charge is 0.258 e. The highest BCUT2D eigenvalue weighted by Gasteiger charge is 2.16. The summed E-state index contributed by atoms with van der Waals surface area (Å²) in [6.07, 6.45) is 0. The first kappa shape index (κ1) is 9.54. The third-order valence-electron chi connectivity index (χ3n) is 1.78. The highest BCUT2D eigenvalue weighted by atomic mass is 79.9. The molecule has 1 aromatic heterocycles. The quantitative estimate of drug-likeness (QED) is 0.588. The number of halogens is 2. The van der Waals surface area contributed by atoms with Crippen molar-refractivity contribution in [2.45, 2.75) is 0 Å². The summed E-state index contributed by atoms with van der Waals surface area (Å²) in [5.74, 6) is 0. The van der Waals surface area contributed by atoms with Gasteiger partial charge in [-0.3, -0.25) is 10.1 Å². The maximum Gasteiger partial charge on any atom is 0.278 e. The second kappa shape index (κ2) is 3.29. The van der Waals surface area contributed by atoms with Gasteiger partial charge in [-0.1, -0.05) is 0 Å². The van der Waals surface area contributed by atoms with Crippen LogP contribution in [0.3, 0.4) is 0 Å². The number of thiophene rings is 1. The zero-order valence-electron chi connectivity index (χ0n) is 6.66. The lowest BCUT2D eigenvalue weighted by Gasteiger charge is -1.94. The number of benzene rings is 1. The molecular formula is C8H3BrFNO2S. The van der Waals surface area contributed by atoms with Gasteiger partial charge >= 0.3 is 0 Å². The molecular weight excluding hydrogens is 273 g/mol. The van der Waals surface area contributed by atoms with Crippen LogP contribution in [0.15, 0.2) is 22.7 Å². The molecule has 0 unspecified atom stereocenters. The van der Waals surface area contributed by atoms with E-state index in [9.17, 15) is 14.5 Å². The van der Waals surface area contributed by atoms with Gasteiger partial charge in [0.1, 0.15) is 0 Å². The SMILES string of the molecule is O=[N+]([O-])c1ccc(Br)c2sc(F)cc12. The lowest BCUT2D eigenvalue weighted by molar-refractivity contribution is -0.383. The van der Waals surface area contributed by atoms with Crippen LogP contribution in [0.2, 0.25) is 0 Å². The van der Waals surface area contributed by atoms with Gasteiger partial charge in [-0.2, -0.15) is 4.39 Å². The summed E-state index contributed by atoms with van der Waals surface area (Å²) in [4.78, 5) is 10.1. The molecule has 0 saturated heterocycles. The van der Waals surface area contributed by atoms with Gasteiger partial charge in [0.25, 0.3) is 5.69 Å².